The number of methoxy groups -OCH3 is 1. The van der Waals surface area contributed by atoms with Gasteiger partial charge in [0.1, 0.15) is 0 Å². The van der Waals surface area contributed by atoms with Crippen molar-refractivity contribution in [2.75, 3.05) is 13.0 Å². The summed E-state index contributed by atoms with van der Waals surface area (Å²) in [5.41, 5.74) is 0.958. The number of hydrogen-bond acceptors (Lipinski definition) is 1. The lowest BCUT2D eigenvalue weighted by atomic mass is 9.79. The maximum Gasteiger partial charge on any atom is 0.0577 e. The SMILES string of the molecule is COC1CCCC2(C1)C(CCl)C2(C)C. The Morgan fingerprint density at radius 2 is 2.14 bits per heavy atom. The highest BCUT2D eigenvalue weighted by atomic mass is 35.5. The first-order chi connectivity index (χ1) is 6.58. The van der Waals surface area contributed by atoms with Gasteiger partial charge in [-0.1, -0.05) is 20.3 Å². The van der Waals surface area contributed by atoms with Crippen molar-refractivity contribution in [3.05, 3.63) is 0 Å². The van der Waals surface area contributed by atoms with Gasteiger partial charge in [-0.15, -0.1) is 11.6 Å². The average molecular weight is 217 g/mol. The Balaban J connectivity index is 2.10. The van der Waals surface area contributed by atoms with E-state index in [1.807, 2.05) is 7.11 Å². The maximum absolute atomic E-state index is 6.06. The number of rotatable bonds is 2. The van der Waals surface area contributed by atoms with Gasteiger partial charge in [0.2, 0.25) is 0 Å². The topological polar surface area (TPSA) is 9.23 Å². The lowest BCUT2D eigenvalue weighted by Gasteiger charge is -2.31. The monoisotopic (exact) mass is 216 g/mol. The average Bonchev–Trinajstić information content (AvgIpc) is 2.61. The molecule has 3 unspecified atom stereocenters. The second kappa shape index (κ2) is 3.38. The fraction of sp³-hybridized carbons (Fsp3) is 1.00. The molecule has 82 valence electrons. The summed E-state index contributed by atoms with van der Waals surface area (Å²) in [6, 6.07) is 0. The fourth-order valence-corrected chi connectivity index (χ4v) is 4.44. The van der Waals surface area contributed by atoms with E-state index in [1.165, 1.54) is 25.7 Å². The summed E-state index contributed by atoms with van der Waals surface area (Å²) in [5, 5.41) is 0. The van der Waals surface area contributed by atoms with Gasteiger partial charge in [0.25, 0.3) is 0 Å². The molecule has 3 atom stereocenters. The Labute approximate surface area is 92.2 Å². The number of alkyl halides is 1. The molecule has 0 N–H and O–H groups in total. The molecule has 2 aliphatic rings. The van der Waals surface area contributed by atoms with E-state index in [-0.39, 0.29) is 0 Å². The third kappa shape index (κ3) is 1.25. The Morgan fingerprint density at radius 3 is 2.64 bits per heavy atom. The summed E-state index contributed by atoms with van der Waals surface area (Å²) in [4.78, 5) is 0. The molecular formula is C12H21ClO. The van der Waals surface area contributed by atoms with E-state index in [0.717, 1.165) is 11.8 Å². The van der Waals surface area contributed by atoms with Crippen LogP contribution in [0.4, 0.5) is 0 Å². The van der Waals surface area contributed by atoms with Gasteiger partial charge in [-0.2, -0.15) is 0 Å². The van der Waals surface area contributed by atoms with Crippen molar-refractivity contribution in [3.63, 3.8) is 0 Å². The molecule has 0 aliphatic heterocycles. The molecule has 0 amide bonds. The summed E-state index contributed by atoms with van der Waals surface area (Å²) in [5.74, 6) is 1.54. The van der Waals surface area contributed by atoms with Gasteiger partial charge in [-0.25, -0.2) is 0 Å². The van der Waals surface area contributed by atoms with Crippen LogP contribution < -0.4 is 0 Å². The summed E-state index contributed by atoms with van der Waals surface area (Å²) in [6.07, 6.45) is 5.63. The molecule has 1 spiro atoms. The second-order valence-corrected chi connectivity index (χ2v) is 5.85. The standard InChI is InChI=1S/C12H21ClO/c1-11(2)10(8-13)12(11)6-4-5-9(7-12)14-3/h9-10H,4-8H2,1-3H3. The van der Waals surface area contributed by atoms with Crippen LogP contribution in [0.5, 0.6) is 0 Å². The van der Waals surface area contributed by atoms with Crippen molar-refractivity contribution in [2.45, 2.75) is 45.6 Å². The molecule has 0 heterocycles. The highest BCUT2D eigenvalue weighted by molar-refractivity contribution is 6.18. The Bertz CT molecular complexity index is 226. The van der Waals surface area contributed by atoms with E-state index < -0.39 is 0 Å². The van der Waals surface area contributed by atoms with E-state index in [9.17, 15) is 0 Å². The number of halogens is 1. The van der Waals surface area contributed by atoms with Crippen LogP contribution in [0.15, 0.2) is 0 Å². The molecule has 0 saturated heterocycles. The molecule has 2 aliphatic carbocycles. The van der Waals surface area contributed by atoms with Crippen LogP contribution in [0.1, 0.15) is 39.5 Å². The van der Waals surface area contributed by atoms with Crippen molar-refractivity contribution < 1.29 is 4.74 Å². The van der Waals surface area contributed by atoms with Gasteiger partial charge in [0.15, 0.2) is 0 Å². The molecule has 14 heavy (non-hydrogen) atoms. The third-order valence-electron chi connectivity index (χ3n) is 4.97. The Hall–Kier alpha value is 0.250. The predicted molar refractivity (Wildman–Crippen MR) is 59.7 cm³/mol. The minimum absolute atomic E-state index is 0.450. The normalized spacial score (nSPS) is 45.4. The van der Waals surface area contributed by atoms with Gasteiger partial charge < -0.3 is 4.74 Å². The summed E-state index contributed by atoms with van der Waals surface area (Å²) >= 11 is 6.06. The lowest BCUT2D eigenvalue weighted by Crippen LogP contribution is -2.26. The minimum Gasteiger partial charge on any atom is -0.381 e. The number of hydrogen-bond donors (Lipinski definition) is 0. The predicted octanol–water partition coefficient (Wildman–Crippen LogP) is 3.46. The molecule has 2 heteroatoms. The van der Waals surface area contributed by atoms with E-state index in [2.05, 4.69) is 13.8 Å². The van der Waals surface area contributed by atoms with E-state index >= 15 is 0 Å². The highest BCUT2D eigenvalue weighted by Gasteiger charge is 2.70. The van der Waals surface area contributed by atoms with Crippen molar-refractivity contribution in [1.82, 2.24) is 0 Å². The van der Waals surface area contributed by atoms with Crippen LogP contribution in [0.3, 0.4) is 0 Å². The molecule has 2 saturated carbocycles. The molecule has 0 aromatic carbocycles. The van der Waals surface area contributed by atoms with E-state index in [1.54, 1.807) is 0 Å². The van der Waals surface area contributed by atoms with Crippen LogP contribution in [0, 0.1) is 16.7 Å². The van der Waals surface area contributed by atoms with Gasteiger partial charge in [0.05, 0.1) is 6.10 Å². The first kappa shape index (κ1) is 10.8. The Kier molecular flexibility index (Phi) is 2.60. The fourth-order valence-electron chi connectivity index (χ4n) is 3.76. The maximum atomic E-state index is 6.06. The number of ether oxygens (including phenoxy) is 1. The lowest BCUT2D eigenvalue weighted by molar-refractivity contribution is 0.0332. The van der Waals surface area contributed by atoms with Gasteiger partial charge >= 0.3 is 0 Å². The minimum atomic E-state index is 0.450. The first-order valence-corrected chi connectivity index (χ1v) is 6.20. The molecular weight excluding hydrogens is 196 g/mol. The van der Waals surface area contributed by atoms with Crippen LogP contribution in [0.2, 0.25) is 0 Å². The van der Waals surface area contributed by atoms with Crippen molar-refractivity contribution in [1.29, 1.82) is 0 Å². The van der Waals surface area contributed by atoms with Crippen LogP contribution in [-0.4, -0.2) is 19.1 Å². The van der Waals surface area contributed by atoms with Crippen molar-refractivity contribution in [2.24, 2.45) is 16.7 Å². The van der Waals surface area contributed by atoms with Crippen LogP contribution in [-0.2, 0) is 4.74 Å². The zero-order valence-electron chi connectivity index (χ0n) is 9.48. The summed E-state index contributed by atoms with van der Waals surface area (Å²) in [6.45, 7) is 4.75. The highest BCUT2D eigenvalue weighted by Crippen LogP contribution is 2.74. The zero-order valence-corrected chi connectivity index (χ0v) is 10.2. The smallest absolute Gasteiger partial charge is 0.0577 e. The molecule has 0 radical (unpaired) electrons. The molecule has 0 aromatic rings. The Morgan fingerprint density at radius 1 is 1.43 bits per heavy atom. The largest absolute Gasteiger partial charge is 0.381 e. The van der Waals surface area contributed by atoms with E-state index in [4.69, 9.17) is 16.3 Å². The van der Waals surface area contributed by atoms with Gasteiger partial charge in [-0.3, -0.25) is 0 Å². The van der Waals surface area contributed by atoms with Crippen molar-refractivity contribution >= 4 is 11.6 Å². The van der Waals surface area contributed by atoms with Crippen LogP contribution in [0.25, 0.3) is 0 Å². The quantitative estimate of drug-likeness (QED) is 0.643. The molecule has 0 bridgehead atoms. The molecule has 2 fully saturated rings. The second-order valence-electron chi connectivity index (χ2n) is 5.54. The van der Waals surface area contributed by atoms with Gasteiger partial charge in [-0.05, 0) is 36.0 Å². The summed E-state index contributed by atoms with van der Waals surface area (Å²) in [7, 11) is 1.84. The van der Waals surface area contributed by atoms with Crippen molar-refractivity contribution in [3.8, 4) is 0 Å². The first-order valence-electron chi connectivity index (χ1n) is 5.67. The van der Waals surface area contributed by atoms with E-state index in [0.29, 0.717) is 16.9 Å². The third-order valence-corrected chi connectivity index (χ3v) is 5.28. The molecule has 2 rings (SSSR count). The zero-order chi connectivity index (χ0) is 10.4. The molecule has 1 nitrogen and oxygen atoms in total. The summed E-state index contributed by atoms with van der Waals surface area (Å²) < 4.78 is 5.51. The molecule has 0 aromatic heterocycles. The van der Waals surface area contributed by atoms with Crippen LogP contribution >= 0.6 is 11.6 Å². The van der Waals surface area contributed by atoms with Gasteiger partial charge in [0, 0.05) is 13.0 Å².